The number of nitrogens with zero attached hydrogens (tertiary/aromatic N) is 3. The first-order valence-electron chi connectivity index (χ1n) is 15.3. The van der Waals surface area contributed by atoms with Crippen LogP contribution in [0.2, 0.25) is 0 Å². The second-order valence-electron chi connectivity index (χ2n) is 11.9. The van der Waals surface area contributed by atoms with Crippen molar-refractivity contribution in [2.24, 2.45) is 5.73 Å². The number of piperidine rings is 1. The summed E-state index contributed by atoms with van der Waals surface area (Å²) >= 11 is 0. The standard InChI is InChI=1S/C34H38F3N5O3/c1-22(23-6-3-2-4-7-23)42-28-10-11-29(43)39-31(28)30(33(38)44)27(32(42)24-8-5-9-25(20-24)34(35,36)37)21-40-14-12-26(13-15-40)41-16-18-45-19-17-41/h2-11,20,22,26,39,43H,12-19,21H2,1H3,(H2,38,44)/t22-/m0/s1. The number of ether oxygens (including phenoxy) is 1. The number of nitrogens with one attached hydrogen (secondary N) is 1. The Balaban J connectivity index is 1.49. The number of hydrogen-bond donors (Lipinski definition) is 3. The highest BCUT2D eigenvalue weighted by Crippen LogP contribution is 2.46. The predicted octanol–water partition coefficient (Wildman–Crippen LogP) is 4.92. The molecule has 11 heteroatoms. The molecule has 2 aromatic rings. The number of likely N-dealkylation sites (tertiary alicyclic amines) is 1. The topological polar surface area (TPSA) is 94.3 Å². The van der Waals surface area contributed by atoms with Crippen molar-refractivity contribution in [3.8, 4) is 0 Å². The second-order valence-corrected chi connectivity index (χ2v) is 11.9. The molecular formula is C34H38F3N5O3. The lowest BCUT2D eigenvalue weighted by molar-refractivity contribution is -0.137. The van der Waals surface area contributed by atoms with Crippen molar-refractivity contribution in [1.29, 1.82) is 0 Å². The molecule has 0 spiro atoms. The van der Waals surface area contributed by atoms with Crippen LogP contribution >= 0.6 is 0 Å². The van der Waals surface area contributed by atoms with Gasteiger partial charge in [-0.15, -0.1) is 0 Å². The van der Waals surface area contributed by atoms with Crippen molar-refractivity contribution < 1.29 is 27.8 Å². The van der Waals surface area contributed by atoms with Crippen molar-refractivity contribution in [2.45, 2.75) is 38.0 Å². The van der Waals surface area contributed by atoms with Crippen LogP contribution in [0.1, 0.15) is 42.5 Å². The Hall–Kier alpha value is -4.06. The summed E-state index contributed by atoms with van der Waals surface area (Å²) in [6.45, 7) is 7.01. The third-order valence-electron chi connectivity index (χ3n) is 9.13. The lowest BCUT2D eigenvalue weighted by Crippen LogP contribution is -2.49. The Bertz CT molecular complexity index is 1550. The largest absolute Gasteiger partial charge is 0.495 e. The maximum absolute atomic E-state index is 14.0. The number of morpholine rings is 1. The van der Waals surface area contributed by atoms with Gasteiger partial charge in [-0.25, -0.2) is 0 Å². The lowest BCUT2D eigenvalue weighted by atomic mass is 9.87. The van der Waals surface area contributed by atoms with E-state index in [1.54, 1.807) is 12.1 Å². The van der Waals surface area contributed by atoms with E-state index in [4.69, 9.17) is 10.5 Å². The van der Waals surface area contributed by atoms with E-state index in [1.807, 2.05) is 42.2 Å². The summed E-state index contributed by atoms with van der Waals surface area (Å²) in [7, 11) is 0. The van der Waals surface area contributed by atoms with E-state index in [0.717, 1.165) is 69.9 Å². The molecule has 0 aromatic heterocycles. The molecule has 0 aliphatic carbocycles. The molecule has 4 heterocycles. The molecule has 4 aliphatic rings. The minimum atomic E-state index is -4.56. The van der Waals surface area contributed by atoms with Gasteiger partial charge in [-0.1, -0.05) is 42.5 Å². The van der Waals surface area contributed by atoms with E-state index in [2.05, 4.69) is 15.1 Å². The highest BCUT2D eigenvalue weighted by Gasteiger charge is 2.40. The molecule has 1 amide bonds. The van der Waals surface area contributed by atoms with E-state index in [1.165, 1.54) is 12.1 Å². The van der Waals surface area contributed by atoms with Crippen LogP contribution in [0.25, 0.3) is 5.70 Å². The number of carbonyl (C=O) groups excluding carboxylic acids is 1. The second kappa shape index (κ2) is 12.7. The van der Waals surface area contributed by atoms with Crippen LogP contribution in [-0.4, -0.2) is 77.7 Å². The Kier molecular flexibility index (Phi) is 8.76. The minimum Gasteiger partial charge on any atom is -0.495 e. The number of halogens is 3. The lowest BCUT2D eigenvalue weighted by Gasteiger charge is -2.44. The molecule has 238 valence electrons. The molecule has 0 radical (unpaired) electrons. The van der Waals surface area contributed by atoms with Gasteiger partial charge in [0.1, 0.15) is 0 Å². The Morgan fingerprint density at radius 3 is 2.42 bits per heavy atom. The quantitative estimate of drug-likeness (QED) is 0.405. The number of dihydropyridines is 1. The molecular weight excluding hydrogens is 583 g/mol. The van der Waals surface area contributed by atoms with Gasteiger partial charge >= 0.3 is 6.18 Å². The van der Waals surface area contributed by atoms with Gasteiger partial charge in [0, 0.05) is 37.3 Å². The number of fused-ring (bicyclic) bond motifs is 1. The number of rotatable bonds is 7. The van der Waals surface area contributed by atoms with E-state index in [9.17, 15) is 23.1 Å². The fraction of sp³-hybridized carbons (Fsp3) is 0.382. The number of primary amides is 1. The van der Waals surface area contributed by atoms with Gasteiger partial charge in [0.05, 0.1) is 47.5 Å². The Morgan fingerprint density at radius 1 is 1.04 bits per heavy atom. The van der Waals surface area contributed by atoms with Crippen LogP contribution in [0.4, 0.5) is 13.2 Å². The summed E-state index contributed by atoms with van der Waals surface area (Å²) in [6.07, 6.45) is 0.420. The molecule has 2 fully saturated rings. The summed E-state index contributed by atoms with van der Waals surface area (Å²) in [4.78, 5) is 20.0. The Labute approximate surface area is 260 Å². The van der Waals surface area contributed by atoms with Crippen LogP contribution in [-0.2, 0) is 15.7 Å². The number of hydrogen-bond acceptors (Lipinski definition) is 7. The first-order valence-corrected chi connectivity index (χ1v) is 15.3. The van der Waals surface area contributed by atoms with Gasteiger partial charge < -0.3 is 25.8 Å². The SMILES string of the molecule is C[C@@H](c1ccccc1)N1C2=CC=C(O)NC2=C(C(N)=O)C(CN2CCC(N3CCOCC3)CC2)=C1c1cccc(C(F)(F)F)c1. The van der Waals surface area contributed by atoms with Crippen molar-refractivity contribution in [3.63, 3.8) is 0 Å². The number of aliphatic hydroxyl groups excluding tert-OH is 1. The van der Waals surface area contributed by atoms with Gasteiger partial charge in [0.15, 0.2) is 5.88 Å². The molecule has 4 aliphatic heterocycles. The first-order chi connectivity index (χ1) is 21.6. The van der Waals surface area contributed by atoms with E-state index >= 15 is 0 Å². The van der Waals surface area contributed by atoms with Gasteiger partial charge in [0.2, 0.25) is 0 Å². The number of carbonyl (C=O) groups is 1. The first kappa shape index (κ1) is 30.9. The average molecular weight is 622 g/mol. The zero-order chi connectivity index (χ0) is 31.7. The number of benzene rings is 2. The predicted molar refractivity (Wildman–Crippen MR) is 165 cm³/mol. The summed E-state index contributed by atoms with van der Waals surface area (Å²) in [5, 5.41) is 13.4. The average Bonchev–Trinajstić information content (AvgIpc) is 3.04. The monoisotopic (exact) mass is 621 g/mol. The van der Waals surface area contributed by atoms with E-state index in [-0.39, 0.29) is 17.5 Å². The molecule has 2 saturated heterocycles. The molecule has 8 nitrogen and oxygen atoms in total. The van der Waals surface area contributed by atoms with Crippen LogP contribution in [0.3, 0.4) is 0 Å². The van der Waals surface area contributed by atoms with Gasteiger partial charge in [-0.3, -0.25) is 14.6 Å². The van der Waals surface area contributed by atoms with E-state index < -0.39 is 17.6 Å². The Morgan fingerprint density at radius 2 is 1.76 bits per heavy atom. The number of aliphatic hydroxyl groups is 1. The van der Waals surface area contributed by atoms with E-state index in [0.29, 0.717) is 40.8 Å². The molecule has 0 unspecified atom stereocenters. The summed E-state index contributed by atoms with van der Waals surface area (Å²) in [5.74, 6) is -0.888. The molecule has 45 heavy (non-hydrogen) atoms. The zero-order valence-electron chi connectivity index (χ0n) is 25.2. The normalized spacial score (nSPS) is 21.2. The molecule has 4 N–H and O–H groups in total. The molecule has 2 aromatic carbocycles. The summed E-state index contributed by atoms with van der Waals surface area (Å²) < 4.78 is 47.7. The maximum Gasteiger partial charge on any atom is 0.416 e. The summed E-state index contributed by atoms with van der Waals surface area (Å²) in [6, 6.07) is 14.9. The fourth-order valence-electron chi connectivity index (χ4n) is 6.88. The van der Waals surface area contributed by atoms with Gasteiger partial charge in [-0.2, -0.15) is 13.2 Å². The number of nitrogens with two attached hydrogens (primary N) is 1. The molecule has 0 bridgehead atoms. The number of alkyl halides is 3. The van der Waals surface area contributed by atoms with Crippen molar-refractivity contribution in [1.82, 2.24) is 20.0 Å². The van der Waals surface area contributed by atoms with Gasteiger partial charge in [-0.05, 0) is 62.2 Å². The molecule has 6 rings (SSSR count). The molecule has 1 atom stereocenters. The number of allylic oxidation sites excluding steroid dienone is 2. The highest BCUT2D eigenvalue weighted by atomic mass is 19.4. The van der Waals surface area contributed by atoms with Crippen molar-refractivity contribution in [3.05, 3.63) is 112 Å². The van der Waals surface area contributed by atoms with Crippen LogP contribution < -0.4 is 11.1 Å². The van der Waals surface area contributed by atoms with Crippen molar-refractivity contribution >= 4 is 11.6 Å². The smallest absolute Gasteiger partial charge is 0.416 e. The third-order valence-corrected chi connectivity index (χ3v) is 9.13. The minimum absolute atomic E-state index is 0.153. The highest BCUT2D eigenvalue weighted by molar-refractivity contribution is 6.02. The number of amides is 1. The molecule has 0 saturated carbocycles. The van der Waals surface area contributed by atoms with Gasteiger partial charge in [0.25, 0.3) is 5.91 Å². The van der Waals surface area contributed by atoms with Crippen LogP contribution in [0.5, 0.6) is 0 Å². The van der Waals surface area contributed by atoms with Crippen LogP contribution in [0.15, 0.2) is 95.2 Å². The third kappa shape index (κ3) is 6.38. The zero-order valence-corrected chi connectivity index (χ0v) is 25.2. The fourth-order valence-corrected chi connectivity index (χ4v) is 6.88. The summed E-state index contributed by atoms with van der Waals surface area (Å²) in [5.41, 5.74) is 8.55. The van der Waals surface area contributed by atoms with Crippen molar-refractivity contribution in [2.75, 3.05) is 45.9 Å². The maximum atomic E-state index is 14.0. The van der Waals surface area contributed by atoms with Crippen LogP contribution in [0, 0.1) is 0 Å².